The molecule has 4 bridgehead atoms. The van der Waals surface area contributed by atoms with Gasteiger partial charge in [0, 0.05) is 42.7 Å². The Morgan fingerprint density at radius 1 is 0.967 bits per heavy atom. The molecule has 5 N–H and O–H groups in total. The first-order chi connectivity index (χ1) is 28.7. The Labute approximate surface area is 352 Å². The van der Waals surface area contributed by atoms with E-state index in [-0.39, 0.29) is 54.2 Å². The van der Waals surface area contributed by atoms with Gasteiger partial charge in [-0.2, -0.15) is 19.4 Å². The normalized spacial score (nSPS) is 26.5. The third-order valence-corrected chi connectivity index (χ3v) is 13.0. The van der Waals surface area contributed by atoms with Crippen LogP contribution >= 0.6 is 23.2 Å². The first-order valence-corrected chi connectivity index (χ1v) is 20.4. The lowest BCUT2D eigenvalue weighted by Crippen LogP contribution is -2.75. The molecule has 0 radical (unpaired) electrons. The van der Waals surface area contributed by atoms with Crippen LogP contribution in [0.3, 0.4) is 0 Å². The molecule has 2 saturated heterocycles. The number of nitrogens with zero attached hydrogens (tertiary/aromatic N) is 10. The van der Waals surface area contributed by atoms with Gasteiger partial charge in [-0.1, -0.05) is 47.4 Å². The molecule has 2 aromatic carbocycles. The Morgan fingerprint density at radius 3 is 2.33 bits per heavy atom. The number of nitrogens with one attached hydrogen (secondary N) is 3. The van der Waals surface area contributed by atoms with Crippen LogP contribution in [0.15, 0.2) is 59.4 Å². The molecular formula is C39H42Cl2FN14O4+. The van der Waals surface area contributed by atoms with Crippen LogP contribution in [-0.2, 0) is 16.7 Å². The maximum atomic E-state index is 14.3. The molecule has 0 spiro atoms. The van der Waals surface area contributed by atoms with Gasteiger partial charge >= 0.3 is 18.0 Å². The molecule has 5 heterocycles. The van der Waals surface area contributed by atoms with Crippen molar-refractivity contribution in [1.82, 2.24) is 50.0 Å². The summed E-state index contributed by atoms with van der Waals surface area (Å²) in [6.07, 6.45) is 8.11. The minimum Gasteiger partial charge on any atom is -0.423 e. The highest BCUT2D eigenvalue weighted by Gasteiger charge is 2.64. The number of likely N-dealkylation sites (tertiary alicyclic amines) is 2. The molecule has 3 aromatic heterocycles. The smallest absolute Gasteiger partial charge is 0.336 e. The van der Waals surface area contributed by atoms with Gasteiger partial charge in [-0.05, 0) is 79.8 Å². The molecule has 4 fully saturated rings. The van der Waals surface area contributed by atoms with Crippen LogP contribution in [0, 0.1) is 29.1 Å². The van der Waals surface area contributed by atoms with Crippen molar-refractivity contribution in [2.75, 3.05) is 10.6 Å². The Hall–Kier alpha value is -5.95. The van der Waals surface area contributed by atoms with E-state index in [9.17, 15) is 14.0 Å². The molecule has 18 nitrogen and oxygen atoms in total. The zero-order valence-electron chi connectivity index (χ0n) is 32.8. The fraction of sp³-hybridized carbons (Fsp3) is 0.436. The zero-order valence-corrected chi connectivity index (χ0v) is 34.4. The molecule has 4 amide bonds. The summed E-state index contributed by atoms with van der Waals surface area (Å²) in [7, 11) is 0. The van der Waals surface area contributed by atoms with Crippen LogP contribution in [0.4, 0.5) is 25.4 Å². The summed E-state index contributed by atoms with van der Waals surface area (Å²) in [6.45, 7) is 5.87. The second kappa shape index (κ2) is 14.9. The van der Waals surface area contributed by atoms with E-state index in [4.69, 9.17) is 43.2 Å². The van der Waals surface area contributed by atoms with Gasteiger partial charge in [0.15, 0.2) is 5.90 Å². The van der Waals surface area contributed by atoms with E-state index in [2.05, 4.69) is 55.2 Å². The summed E-state index contributed by atoms with van der Waals surface area (Å²) in [5.41, 5.74) is 0.305. The number of amides is 4. The number of carbonyl (C=O) groups is 2. The maximum Gasteiger partial charge on any atom is 0.336 e. The molecular weight excluding hydrogens is 818 g/mol. The van der Waals surface area contributed by atoms with E-state index in [0.29, 0.717) is 82.6 Å². The van der Waals surface area contributed by atoms with Crippen LogP contribution in [0.5, 0.6) is 0 Å². The molecule has 4 unspecified atom stereocenters. The quantitative estimate of drug-likeness (QED) is 0.109. The highest BCUT2D eigenvalue weighted by molar-refractivity contribution is 6.32. The standard InChI is InChI=1S/C39H41Cl2FN14O4/c1-20-10-25-16-39(14-20,54(25)36(57)47-23-4-6-27(40)29(11-23)53-19-32(42)49-52-53)35-51-50-34(60-35)13-26-21(2)15-38(18-33(44)59-22(3)43)17-31(26)55(38)37(58)48-24-5-7-28(41)30(12-24)56-45-8-9-46-56/h4-9,11-12,19-21,25-26,31,43-44H,10,13-18H2,1-3H3,(H,47,57)(H,48,58)/p+1/t20-,21?,25+,26?,31?,38?,39-/m1/s1. The van der Waals surface area contributed by atoms with Gasteiger partial charge in [0.1, 0.15) is 11.2 Å². The number of piperidine rings is 2. The van der Waals surface area contributed by atoms with E-state index < -0.39 is 17.0 Å². The number of hydrogen-bond donors (Lipinski definition) is 4. The minimum absolute atomic E-state index is 0.0209. The number of hydrogen-bond acceptors (Lipinski definition) is 11. The van der Waals surface area contributed by atoms with Crippen LogP contribution in [-0.4, -0.2) is 91.5 Å². The first-order valence-electron chi connectivity index (χ1n) is 19.6. The number of benzene rings is 2. The van der Waals surface area contributed by atoms with Crippen molar-refractivity contribution in [2.45, 2.75) is 88.9 Å². The van der Waals surface area contributed by atoms with Crippen molar-refractivity contribution in [2.24, 2.45) is 17.8 Å². The van der Waals surface area contributed by atoms with Crippen molar-refractivity contribution >= 4 is 58.4 Å². The predicted octanol–water partition coefficient (Wildman–Crippen LogP) is 5.41. The lowest BCUT2D eigenvalue weighted by atomic mass is 9.57. The fourth-order valence-corrected chi connectivity index (χ4v) is 10.6. The zero-order chi connectivity index (χ0) is 42.1. The van der Waals surface area contributed by atoms with Gasteiger partial charge < -0.3 is 29.6 Å². The predicted molar refractivity (Wildman–Crippen MR) is 215 cm³/mol. The topological polar surface area (TPSA) is 224 Å². The third kappa shape index (κ3) is 6.92. The van der Waals surface area contributed by atoms with Crippen molar-refractivity contribution in [3.8, 4) is 11.4 Å². The van der Waals surface area contributed by atoms with Gasteiger partial charge in [0.2, 0.25) is 11.8 Å². The number of urea groups is 2. The van der Waals surface area contributed by atoms with E-state index >= 15 is 0 Å². The van der Waals surface area contributed by atoms with Crippen LogP contribution in [0.2, 0.25) is 10.0 Å². The highest BCUT2D eigenvalue weighted by atomic mass is 35.5. The summed E-state index contributed by atoms with van der Waals surface area (Å²) < 4.78 is 26.8. The second-order valence-electron chi connectivity index (χ2n) is 16.5. The molecule has 21 heteroatoms. The third-order valence-electron chi connectivity index (χ3n) is 12.3. The van der Waals surface area contributed by atoms with Crippen LogP contribution in [0.25, 0.3) is 11.4 Å². The molecule has 2 aliphatic carbocycles. The summed E-state index contributed by atoms with van der Waals surface area (Å²) >= 11 is 12.8. The molecule has 2 aliphatic heterocycles. The number of ether oxygens (including phenoxy) is 1. The molecule has 5 aromatic rings. The molecule has 60 heavy (non-hydrogen) atoms. The average molecular weight is 861 g/mol. The summed E-state index contributed by atoms with van der Waals surface area (Å²) in [5, 5.41) is 45.7. The second-order valence-corrected chi connectivity index (χ2v) is 17.3. The number of carbonyl (C=O) groups excluding carboxylic acids is 2. The van der Waals surface area contributed by atoms with E-state index in [1.807, 2.05) is 4.90 Å². The van der Waals surface area contributed by atoms with E-state index in [1.54, 1.807) is 48.2 Å². The van der Waals surface area contributed by atoms with Crippen LogP contribution < -0.4 is 16.0 Å². The largest absolute Gasteiger partial charge is 0.423 e. The SMILES string of the molecule is CC(=[NH2+])OC(=N)CC12CC(C)C(Cc3nnc([C@@]45C[C@H](C)C[C@@H](C4)N5C(=O)Nc4ccc(Cl)c(-n5cc(F)nn5)c4)o3)C(C1)N2C(=O)Nc1ccc(Cl)c(-n2nccn2)c1. The van der Waals surface area contributed by atoms with Gasteiger partial charge in [0.05, 0.1) is 46.8 Å². The summed E-state index contributed by atoms with van der Waals surface area (Å²) in [4.78, 5) is 33.4. The maximum absolute atomic E-state index is 14.3. The lowest BCUT2D eigenvalue weighted by Gasteiger charge is -2.66. The van der Waals surface area contributed by atoms with Gasteiger partial charge in [0.25, 0.3) is 5.95 Å². The summed E-state index contributed by atoms with van der Waals surface area (Å²) in [6, 6.07) is 9.01. The average Bonchev–Trinajstić information content (AvgIpc) is 3.97. The Morgan fingerprint density at radius 2 is 1.65 bits per heavy atom. The molecule has 4 aliphatic rings. The first kappa shape index (κ1) is 39.5. The lowest BCUT2D eigenvalue weighted by molar-refractivity contribution is -0.136. The molecule has 7 atom stereocenters. The number of anilines is 2. The van der Waals surface area contributed by atoms with Gasteiger partial charge in [-0.3, -0.25) is 5.41 Å². The number of nitrogens with two attached hydrogens (primary N) is 1. The van der Waals surface area contributed by atoms with Crippen molar-refractivity contribution in [3.63, 3.8) is 0 Å². The van der Waals surface area contributed by atoms with E-state index in [0.717, 1.165) is 12.6 Å². The number of aromatic nitrogens is 8. The van der Waals surface area contributed by atoms with Crippen molar-refractivity contribution in [3.05, 3.63) is 82.8 Å². The molecule has 2 saturated carbocycles. The number of halogens is 3. The van der Waals surface area contributed by atoms with Gasteiger partial charge in [-0.15, -0.1) is 10.2 Å². The Bertz CT molecular complexity index is 2510. The molecule has 9 rings (SSSR count). The monoisotopic (exact) mass is 859 g/mol. The molecule has 312 valence electrons. The number of rotatable bonds is 9. The Balaban J connectivity index is 0.945. The van der Waals surface area contributed by atoms with Crippen molar-refractivity contribution < 1.29 is 28.5 Å². The van der Waals surface area contributed by atoms with Crippen LogP contribution in [0.1, 0.15) is 71.1 Å². The number of fused-ring (bicyclic) bond motifs is 4. The highest BCUT2D eigenvalue weighted by Crippen LogP contribution is 2.57. The fourth-order valence-electron chi connectivity index (χ4n) is 10.2. The van der Waals surface area contributed by atoms with E-state index in [1.165, 1.54) is 21.9 Å². The van der Waals surface area contributed by atoms with Gasteiger partial charge in [-0.25, -0.2) is 19.7 Å². The summed E-state index contributed by atoms with van der Waals surface area (Å²) in [5.74, 6) is 0.500. The Kier molecular flexibility index (Phi) is 9.84. The van der Waals surface area contributed by atoms with Crippen molar-refractivity contribution in [1.29, 1.82) is 5.41 Å². The minimum atomic E-state index is -0.806.